The highest BCUT2D eigenvalue weighted by Crippen LogP contribution is 2.52. The molecule has 0 atom stereocenters. The van der Waals surface area contributed by atoms with Gasteiger partial charge in [0.05, 0.1) is 49.0 Å². The summed E-state index contributed by atoms with van der Waals surface area (Å²) in [5.74, 6) is 1.32. The topological polar surface area (TPSA) is 216 Å². The van der Waals surface area contributed by atoms with Gasteiger partial charge in [-0.15, -0.1) is 32.9 Å². The largest absolute Gasteiger partial charge is 0.433 e. The summed E-state index contributed by atoms with van der Waals surface area (Å²) in [4.78, 5) is 51.5. The van der Waals surface area contributed by atoms with E-state index in [0.717, 1.165) is 117 Å². The van der Waals surface area contributed by atoms with Crippen molar-refractivity contribution >= 4 is 89.0 Å². The third-order valence-corrected chi connectivity index (χ3v) is 19.2. The second-order valence-electron chi connectivity index (χ2n) is 22.2. The van der Waals surface area contributed by atoms with Gasteiger partial charge in [-0.1, -0.05) is 31.7 Å². The van der Waals surface area contributed by atoms with Crippen molar-refractivity contribution in [3.63, 3.8) is 0 Å². The molecule has 0 radical (unpaired) electrons. The molecule has 6 fully saturated rings. The molecule has 0 spiro atoms. The number of nitrogens with zero attached hydrogens (tertiary/aromatic N) is 7. The van der Waals surface area contributed by atoms with Crippen LogP contribution in [0.15, 0.2) is 64.5 Å². The Morgan fingerprint density at radius 3 is 1.55 bits per heavy atom. The Bertz CT molecular complexity index is 3460. The van der Waals surface area contributed by atoms with Crippen LogP contribution in [0.3, 0.4) is 0 Å². The smallest absolute Gasteiger partial charge is 0.366 e. The van der Waals surface area contributed by atoms with Gasteiger partial charge in [0.25, 0.3) is 17.7 Å². The minimum absolute atomic E-state index is 0.0122. The number of pyridine rings is 2. The Kier molecular flexibility index (Phi) is 18.8. The van der Waals surface area contributed by atoms with Gasteiger partial charge < -0.3 is 26.3 Å². The van der Waals surface area contributed by atoms with Crippen LogP contribution in [-0.2, 0) is 11.0 Å². The van der Waals surface area contributed by atoms with Crippen molar-refractivity contribution in [3.8, 4) is 0 Å². The summed E-state index contributed by atoms with van der Waals surface area (Å²) in [6.07, 6.45) is 13.9. The molecule has 6 aromatic rings. The molecule has 0 bridgehead atoms. The van der Waals surface area contributed by atoms with Gasteiger partial charge in [0.1, 0.15) is 15.4 Å². The van der Waals surface area contributed by atoms with E-state index in [9.17, 15) is 27.6 Å². The number of rotatable bonds is 11. The molecule has 434 valence electrons. The van der Waals surface area contributed by atoms with Gasteiger partial charge in [0.2, 0.25) is 0 Å². The first-order valence-corrected chi connectivity index (χ1v) is 31.1. The van der Waals surface area contributed by atoms with Crippen LogP contribution in [0.5, 0.6) is 0 Å². The first kappa shape index (κ1) is 60.2. The molecular formula is C61H73F3N12O3S3. The summed E-state index contributed by atoms with van der Waals surface area (Å²) in [5.41, 5.74) is 10.5. The predicted octanol–water partition coefficient (Wildman–Crippen LogP) is 13.5. The van der Waals surface area contributed by atoms with Crippen molar-refractivity contribution in [2.24, 2.45) is 5.92 Å². The van der Waals surface area contributed by atoms with Crippen LogP contribution in [0.2, 0.25) is 0 Å². The van der Waals surface area contributed by atoms with Crippen LogP contribution in [0.1, 0.15) is 181 Å². The number of hydrogen-bond donors (Lipinski definition) is 5. The normalized spacial score (nSPS) is 18.5. The predicted molar refractivity (Wildman–Crippen MR) is 323 cm³/mol. The number of thiophene rings is 2. The monoisotopic (exact) mass is 1170 g/mol. The van der Waals surface area contributed by atoms with Crippen LogP contribution in [-0.4, -0.2) is 90.1 Å². The van der Waals surface area contributed by atoms with Gasteiger partial charge in [-0.2, -0.15) is 23.4 Å². The molecule has 3 amide bonds. The van der Waals surface area contributed by atoms with Crippen LogP contribution >= 0.6 is 34.4 Å². The number of amides is 3. The van der Waals surface area contributed by atoms with Crippen molar-refractivity contribution < 1.29 is 27.6 Å². The van der Waals surface area contributed by atoms with Crippen molar-refractivity contribution in [3.05, 3.63) is 119 Å². The number of halogens is 3. The Labute approximate surface area is 489 Å². The van der Waals surface area contributed by atoms with Gasteiger partial charge in [0.15, 0.2) is 0 Å². The summed E-state index contributed by atoms with van der Waals surface area (Å²) in [6.45, 7) is 18.7. The zero-order valence-corrected chi connectivity index (χ0v) is 50.6. The van der Waals surface area contributed by atoms with Crippen molar-refractivity contribution in [1.29, 1.82) is 10.8 Å². The quantitative estimate of drug-likeness (QED) is 0.0769. The number of fused-ring (bicyclic) bond motifs is 2. The number of carbonyl (C=O) groups is 3. The molecule has 13 rings (SSSR count). The van der Waals surface area contributed by atoms with E-state index in [1.54, 1.807) is 13.1 Å². The van der Waals surface area contributed by atoms with Crippen LogP contribution < -0.4 is 20.9 Å². The molecule has 8 heterocycles. The summed E-state index contributed by atoms with van der Waals surface area (Å²) in [5, 5.41) is 45.1. The van der Waals surface area contributed by atoms with E-state index in [2.05, 4.69) is 53.2 Å². The molecule has 1 saturated heterocycles. The molecule has 5 aliphatic carbocycles. The number of aryl methyl sites for hydroxylation is 5. The first-order valence-electron chi connectivity index (χ1n) is 28.6. The number of alkyl halides is 3. The highest BCUT2D eigenvalue weighted by molar-refractivity contribution is 8.18. The lowest BCUT2D eigenvalue weighted by Gasteiger charge is -2.41. The van der Waals surface area contributed by atoms with E-state index in [-0.39, 0.29) is 23.8 Å². The number of hydrogen-bond acceptors (Lipinski definition) is 15. The lowest BCUT2D eigenvalue weighted by atomic mass is 9.92. The van der Waals surface area contributed by atoms with Gasteiger partial charge >= 0.3 is 6.18 Å². The third kappa shape index (κ3) is 13.6. The minimum Gasteiger partial charge on any atom is -0.366 e. The fourth-order valence-corrected chi connectivity index (χ4v) is 13.5. The van der Waals surface area contributed by atoms with Crippen molar-refractivity contribution in [1.82, 2.24) is 46.3 Å². The van der Waals surface area contributed by atoms with Crippen molar-refractivity contribution in [2.75, 3.05) is 18.0 Å². The Hall–Kier alpha value is -6.45. The van der Waals surface area contributed by atoms with Crippen LogP contribution in [0.25, 0.3) is 20.4 Å². The zero-order valence-electron chi connectivity index (χ0n) is 48.1. The summed E-state index contributed by atoms with van der Waals surface area (Å²) in [6, 6.07) is 6.96. The Morgan fingerprint density at radius 1 is 0.659 bits per heavy atom. The molecule has 5 N–H and O–H groups in total. The van der Waals surface area contributed by atoms with E-state index in [1.807, 2.05) is 71.7 Å². The second kappa shape index (κ2) is 25.6. The van der Waals surface area contributed by atoms with Gasteiger partial charge in [0, 0.05) is 59.6 Å². The average Bonchev–Trinajstić information content (AvgIpc) is 3.12. The highest BCUT2D eigenvalue weighted by Gasteiger charge is 2.42. The molecule has 15 nitrogen and oxygen atoms in total. The van der Waals surface area contributed by atoms with E-state index in [0.29, 0.717) is 69.2 Å². The molecule has 82 heavy (non-hydrogen) atoms. The Balaban J connectivity index is 0.000000141. The standard InChI is InChI=1S/C21H20F3N5OS.C16H19N3OS.C16H21N3OS.C6H7N.C2H6/c1-10-11(2)27-28-20-16(10)17(12-3-4-12)18(31-20)19(30)26-13-8-29(9-13)14-5-6-15(25-7-14)21(22,23)24;1-8-9(2)18-19-16-12(8)13(10-6-7-10)14(21-16)15(20)17-11-4-3-5-11;1-8(9(2)17)12-13(10-6-7-10)14(21-15(12)18)16(20)19-11-4-3-5-11;1-6-3-2-4-7-5-6;1-2/h5-7,12-13H,3-4,8-9H2,1-2H3,(H,26,30);10-11H,3-7H2,1-2H3,(H,17,20);10-11,17-18H,3-7H2,1-2H3,(H,19,20);2-5H,1H3;1-2H3/b;;12-8-,17-9?,18-15?;;. The molecule has 2 aliphatic heterocycles. The van der Waals surface area contributed by atoms with Gasteiger partial charge in [-0.25, -0.2) is 4.98 Å². The first-order chi connectivity index (χ1) is 39.2. The SMILES string of the molecule is CC.CC(=N)/C(C)=C1\C(=N)SC(C(=O)NC2CCC2)=C1C1CC1.Cc1cccnc1.Cc1nnc2sc(C(=O)NC3CCC3)c(C3CC3)c2c1C.Cc1nnc2sc(C(=O)NC3CN(c4ccc(C(F)(F)F)nc4)C3)c(C3CC3)c2c1C. The van der Waals surface area contributed by atoms with Gasteiger partial charge in [-0.3, -0.25) is 24.8 Å². The van der Waals surface area contributed by atoms with Crippen LogP contribution in [0, 0.1) is 51.4 Å². The van der Waals surface area contributed by atoms with E-state index in [4.69, 9.17) is 10.8 Å². The third-order valence-electron chi connectivity index (χ3n) is 16.0. The molecular weight excluding hydrogens is 1100 g/mol. The fourth-order valence-electron chi connectivity index (χ4n) is 10.1. The van der Waals surface area contributed by atoms with Crippen molar-refractivity contribution in [2.45, 2.75) is 176 Å². The molecule has 5 saturated carbocycles. The maximum Gasteiger partial charge on any atom is 0.433 e. The van der Waals surface area contributed by atoms with E-state index in [1.165, 1.54) is 94.5 Å². The van der Waals surface area contributed by atoms with E-state index < -0.39 is 11.9 Å². The Morgan fingerprint density at radius 2 is 1.16 bits per heavy atom. The van der Waals surface area contributed by atoms with Gasteiger partial charge in [-0.05, 0) is 200 Å². The summed E-state index contributed by atoms with van der Waals surface area (Å²) in [7, 11) is 0. The highest BCUT2D eigenvalue weighted by atomic mass is 32.2. The molecule has 0 unspecified atom stereocenters. The lowest BCUT2D eigenvalue weighted by molar-refractivity contribution is -0.141. The number of anilines is 1. The molecule has 6 aromatic heterocycles. The number of carbonyl (C=O) groups excluding carboxylic acids is 3. The molecule has 21 heteroatoms. The summed E-state index contributed by atoms with van der Waals surface area (Å²) < 4.78 is 38.0. The van der Waals surface area contributed by atoms with Crippen LogP contribution in [0.4, 0.5) is 18.9 Å². The summed E-state index contributed by atoms with van der Waals surface area (Å²) >= 11 is 4.18. The average molecular weight is 1180 g/mol. The fraction of sp³-hybridized carbons (Fsp3) is 0.492. The maximum atomic E-state index is 13.1. The minimum atomic E-state index is -4.45. The lowest BCUT2D eigenvalue weighted by Crippen LogP contribution is -2.59. The number of thioether (sulfide) groups is 1. The zero-order chi connectivity index (χ0) is 58.7. The van der Waals surface area contributed by atoms with E-state index >= 15 is 0 Å². The maximum absolute atomic E-state index is 13.1. The second-order valence-corrected chi connectivity index (χ2v) is 25.2. The number of allylic oxidation sites excluding steroid dienone is 2. The number of aromatic nitrogens is 6. The molecule has 0 aromatic carbocycles. The molecule has 7 aliphatic rings. The number of nitrogens with one attached hydrogen (secondary N) is 5.